The summed E-state index contributed by atoms with van der Waals surface area (Å²) >= 11 is 0. The van der Waals surface area contributed by atoms with Gasteiger partial charge >= 0.3 is 17.9 Å². The summed E-state index contributed by atoms with van der Waals surface area (Å²) in [4.78, 5) is 30.5. The quantitative estimate of drug-likeness (QED) is 0.538. The maximum Gasteiger partial charge on any atom is 0.328 e. The number of likely N-dealkylation sites (N-methyl/N-ethyl adjacent to an activating group) is 1. The fourth-order valence-corrected chi connectivity index (χ4v) is 0.413. The van der Waals surface area contributed by atoms with Gasteiger partial charge < -0.3 is 15.3 Å². The standard InChI is InChI=1S/C4H9NO2.C4H4O4/c1-5(2)3-4(6)7;5-3(6)1-2-4(7)8/h3H2,1-2H3,(H,6,7);1-2H,(H,5,6)(H,7,8)/b;2-1+. The molecule has 0 heterocycles. The minimum atomic E-state index is -1.26. The van der Waals surface area contributed by atoms with Crippen molar-refractivity contribution in [1.82, 2.24) is 4.90 Å². The van der Waals surface area contributed by atoms with Crippen LogP contribution in [0.1, 0.15) is 0 Å². The molecule has 0 aliphatic carbocycles. The predicted octanol–water partition coefficient (Wildman–Crippen LogP) is -0.656. The molecule has 0 saturated carbocycles. The van der Waals surface area contributed by atoms with Crippen molar-refractivity contribution in [3.8, 4) is 0 Å². The highest BCUT2D eigenvalue weighted by Crippen LogP contribution is 1.70. The highest BCUT2D eigenvalue weighted by atomic mass is 16.4. The highest BCUT2D eigenvalue weighted by molar-refractivity contribution is 5.89. The van der Waals surface area contributed by atoms with Crippen LogP contribution in [0.4, 0.5) is 0 Å². The zero-order chi connectivity index (χ0) is 12.4. The van der Waals surface area contributed by atoms with Crippen molar-refractivity contribution in [2.24, 2.45) is 0 Å². The van der Waals surface area contributed by atoms with Gasteiger partial charge in [-0.1, -0.05) is 0 Å². The molecule has 0 aliphatic rings. The molecule has 86 valence electrons. The van der Waals surface area contributed by atoms with E-state index in [9.17, 15) is 14.4 Å². The molecule has 0 saturated heterocycles. The van der Waals surface area contributed by atoms with Crippen LogP contribution >= 0.6 is 0 Å². The van der Waals surface area contributed by atoms with E-state index >= 15 is 0 Å². The molecule has 0 aromatic rings. The second-order valence-electron chi connectivity index (χ2n) is 2.64. The number of carboxylic acids is 3. The molecule has 0 atom stereocenters. The normalized spacial score (nSPS) is 9.53. The van der Waals surface area contributed by atoms with Gasteiger partial charge in [0.05, 0.1) is 6.54 Å². The number of nitrogens with zero attached hydrogens (tertiary/aromatic N) is 1. The largest absolute Gasteiger partial charge is 0.480 e. The molecule has 0 spiro atoms. The molecular weight excluding hydrogens is 206 g/mol. The van der Waals surface area contributed by atoms with Crippen molar-refractivity contribution in [3.05, 3.63) is 12.2 Å². The summed E-state index contributed by atoms with van der Waals surface area (Å²) < 4.78 is 0. The molecule has 7 nitrogen and oxygen atoms in total. The van der Waals surface area contributed by atoms with Crippen molar-refractivity contribution in [2.75, 3.05) is 20.6 Å². The summed E-state index contributed by atoms with van der Waals surface area (Å²) in [6.07, 6.45) is 1.12. The molecule has 0 rings (SSSR count). The first-order valence-electron chi connectivity index (χ1n) is 3.76. The van der Waals surface area contributed by atoms with Crippen LogP contribution in [0.5, 0.6) is 0 Å². The van der Waals surface area contributed by atoms with Crippen molar-refractivity contribution < 1.29 is 29.7 Å². The van der Waals surface area contributed by atoms with Crippen LogP contribution in [0.25, 0.3) is 0 Å². The van der Waals surface area contributed by atoms with Gasteiger partial charge in [0.1, 0.15) is 0 Å². The Kier molecular flexibility index (Phi) is 9.03. The summed E-state index contributed by atoms with van der Waals surface area (Å²) in [7, 11) is 3.43. The lowest BCUT2D eigenvalue weighted by Crippen LogP contribution is -2.20. The number of hydrogen-bond acceptors (Lipinski definition) is 4. The summed E-state index contributed by atoms with van der Waals surface area (Å²) in [5.74, 6) is -3.30. The third kappa shape index (κ3) is 24.5. The van der Waals surface area contributed by atoms with Crippen LogP contribution in [-0.4, -0.2) is 58.8 Å². The van der Waals surface area contributed by atoms with Gasteiger partial charge in [-0.3, -0.25) is 9.69 Å². The first kappa shape index (κ1) is 15.6. The Bertz CT molecular complexity index is 242. The van der Waals surface area contributed by atoms with Gasteiger partial charge in [-0.25, -0.2) is 9.59 Å². The van der Waals surface area contributed by atoms with E-state index in [1.165, 1.54) is 0 Å². The monoisotopic (exact) mass is 219 g/mol. The van der Waals surface area contributed by atoms with E-state index in [2.05, 4.69) is 0 Å². The first-order chi connectivity index (χ1) is 6.75. The van der Waals surface area contributed by atoms with E-state index in [1.807, 2.05) is 0 Å². The summed E-state index contributed by atoms with van der Waals surface area (Å²) in [6, 6.07) is 0. The number of rotatable bonds is 4. The average molecular weight is 219 g/mol. The van der Waals surface area contributed by atoms with Crippen molar-refractivity contribution in [2.45, 2.75) is 0 Å². The maximum atomic E-state index is 9.77. The van der Waals surface area contributed by atoms with Crippen LogP contribution < -0.4 is 0 Å². The molecule has 3 N–H and O–H groups in total. The van der Waals surface area contributed by atoms with E-state index in [-0.39, 0.29) is 6.54 Å². The van der Waals surface area contributed by atoms with Gasteiger partial charge in [-0.05, 0) is 14.1 Å². The van der Waals surface area contributed by atoms with Crippen molar-refractivity contribution in [3.63, 3.8) is 0 Å². The first-order valence-corrected chi connectivity index (χ1v) is 3.76. The van der Waals surface area contributed by atoms with Crippen LogP contribution in [0.15, 0.2) is 12.2 Å². The molecule has 0 unspecified atom stereocenters. The van der Waals surface area contributed by atoms with Crippen LogP contribution in [-0.2, 0) is 14.4 Å². The molecular formula is C8H13NO6. The zero-order valence-corrected chi connectivity index (χ0v) is 8.38. The minimum Gasteiger partial charge on any atom is -0.480 e. The Hall–Kier alpha value is -1.89. The van der Waals surface area contributed by atoms with Gasteiger partial charge in [0, 0.05) is 12.2 Å². The Labute approximate surface area is 86.2 Å². The van der Waals surface area contributed by atoms with Gasteiger partial charge in [-0.2, -0.15) is 0 Å². The van der Waals surface area contributed by atoms with E-state index in [0.29, 0.717) is 12.2 Å². The predicted molar refractivity (Wildman–Crippen MR) is 50.6 cm³/mol. The Morgan fingerprint density at radius 2 is 1.33 bits per heavy atom. The second kappa shape index (κ2) is 8.70. The second-order valence-corrected chi connectivity index (χ2v) is 2.64. The third-order valence-corrected chi connectivity index (χ3v) is 0.820. The van der Waals surface area contributed by atoms with Gasteiger partial charge in [0.25, 0.3) is 0 Å². The summed E-state index contributed by atoms with van der Waals surface area (Å²) in [6.45, 7) is 0.111. The number of carbonyl (C=O) groups is 3. The molecule has 0 aromatic carbocycles. The maximum absolute atomic E-state index is 9.77. The van der Waals surface area contributed by atoms with Crippen molar-refractivity contribution in [1.29, 1.82) is 0 Å². The lowest BCUT2D eigenvalue weighted by molar-refractivity contribution is -0.137. The molecule has 0 aromatic heterocycles. The van der Waals surface area contributed by atoms with Gasteiger partial charge in [0.15, 0.2) is 0 Å². The van der Waals surface area contributed by atoms with Gasteiger partial charge in [0.2, 0.25) is 0 Å². The van der Waals surface area contributed by atoms with Gasteiger partial charge in [-0.15, -0.1) is 0 Å². The molecule has 0 aliphatic heterocycles. The minimum absolute atomic E-state index is 0.111. The number of carboxylic acid groups (broad SMARTS) is 3. The lowest BCUT2D eigenvalue weighted by Gasteiger charge is -2.01. The fraction of sp³-hybridized carbons (Fsp3) is 0.375. The molecule has 0 radical (unpaired) electrons. The Balaban J connectivity index is 0. The average Bonchev–Trinajstić information content (AvgIpc) is 1.99. The smallest absolute Gasteiger partial charge is 0.328 e. The van der Waals surface area contributed by atoms with E-state index in [4.69, 9.17) is 15.3 Å². The van der Waals surface area contributed by atoms with E-state index < -0.39 is 17.9 Å². The Morgan fingerprint density at radius 1 is 1.00 bits per heavy atom. The summed E-state index contributed by atoms with van der Waals surface area (Å²) in [5.41, 5.74) is 0. The third-order valence-electron chi connectivity index (χ3n) is 0.820. The van der Waals surface area contributed by atoms with E-state index in [1.54, 1.807) is 19.0 Å². The van der Waals surface area contributed by atoms with E-state index in [0.717, 1.165) is 0 Å². The van der Waals surface area contributed by atoms with Crippen LogP contribution in [0.2, 0.25) is 0 Å². The van der Waals surface area contributed by atoms with Crippen LogP contribution in [0, 0.1) is 0 Å². The molecule has 7 heteroatoms. The molecule has 0 bridgehead atoms. The lowest BCUT2D eigenvalue weighted by atomic mass is 10.5. The Morgan fingerprint density at radius 3 is 1.40 bits per heavy atom. The zero-order valence-electron chi connectivity index (χ0n) is 8.38. The molecule has 0 fully saturated rings. The van der Waals surface area contributed by atoms with Crippen LogP contribution in [0.3, 0.4) is 0 Å². The fourth-order valence-electron chi connectivity index (χ4n) is 0.413. The topological polar surface area (TPSA) is 115 Å². The number of hydrogen-bond donors (Lipinski definition) is 3. The van der Waals surface area contributed by atoms with Crippen molar-refractivity contribution >= 4 is 17.9 Å². The number of aliphatic carboxylic acids is 3. The highest BCUT2D eigenvalue weighted by Gasteiger charge is 1.94. The molecule has 15 heavy (non-hydrogen) atoms. The summed E-state index contributed by atoms with van der Waals surface area (Å²) in [5, 5.41) is 23.7. The molecule has 0 amide bonds. The SMILES string of the molecule is CN(C)CC(=O)O.O=C(O)/C=C/C(=O)O.